The van der Waals surface area contributed by atoms with Crippen LogP contribution in [-0.4, -0.2) is 65.2 Å². The number of nitrogens with one attached hydrogen (secondary N) is 1. The van der Waals surface area contributed by atoms with Crippen LogP contribution >= 0.6 is 11.8 Å². The van der Waals surface area contributed by atoms with Gasteiger partial charge in [0.1, 0.15) is 5.82 Å². The predicted molar refractivity (Wildman–Crippen MR) is 139 cm³/mol. The van der Waals surface area contributed by atoms with Gasteiger partial charge < -0.3 is 10.2 Å². The van der Waals surface area contributed by atoms with Crippen molar-refractivity contribution in [1.29, 1.82) is 0 Å². The van der Waals surface area contributed by atoms with Crippen molar-refractivity contribution in [2.75, 3.05) is 30.8 Å². The molecule has 0 bridgehead atoms. The van der Waals surface area contributed by atoms with Crippen LogP contribution in [0.1, 0.15) is 38.7 Å². The molecule has 3 aromatic rings. The van der Waals surface area contributed by atoms with Crippen molar-refractivity contribution in [2.24, 2.45) is 0 Å². The summed E-state index contributed by atoms with van der Waals surface area (Å²) < 4.78 is 26.3. The van der Waals surface area contributed by atoms with Crippen LogP contribution in [0, 0.1) is 0 Å². The Kier molecular flexibility index (Phi) is 7.95. The Balaban J connectivity index is 1.39. The first-order valence-electron chi connectivity index (χ1n) is 11.9. The SMILES string of the molecule is CSc1nc(N2CCCCC2)c2cnn(CCNC(=O)Cc3ccc(S(=O)(=O)C(C)C)cc3)c2n1. The van der Waals surface area contributed by atoms with E-state index >= 15 is 0 Å². The summed E-state index contributed by atoms with van der Waals surface area (Å²) in [6, 6.07) is 6.52. The van der Waals surface area contributed by atoms with Crippen molar-refractivity contribution < 1.29 is 13.2 Å². The van der Waals surface area contributed by atoms with Crippen molar-refractivity contribution >= 4 is 44.4 Å². The number of thioether (sulfide) groups is 1. The van der Waals surface area contributed by atoms with Crippen LogP contribution in [-0.2, 0) is 27.6 Å². The molecule has 0 spiro atoms. The molecule has 188 valence electrons. The quantitative estimate of drug-likeness (QED) is 0.341. The lowest BCUT2D eigenvalue weighted by Crippen LogP contribution is -2.30. The maximum atomic E-state index is 12.5. The predicted octanol–water partition coefficient (Wildman–Crippen LogP) is 3.08. The minimum absolute atomic E-state index is 0.130. The van der Waals surface area contributed by atoms with Gasteiger partial charge in [-0.2, -0.15) is 5.10 Å². The molecule has 0 atom stereocenters. The Morgan fingerprint density at radius 3 is 2.49 bits per heavy atom. The van der Waals surface area contributed by atoms with E-state index in [2.05, 4.69) is 20.3 Å². The second kappa shape index (κ2) is 10.9. The van der Waals surface area contributed by atoms with Crippen LogP contribution in [0.15, 0.2) is 40.5 Å². The standard InChI is InChI=1S/C24H32N6O3S2/c1-17(2)35(32,33)19-9-7-18(8-10-19)15-21(31)25-11-14-30-23-20(16-26-30)22(27-24(28-23)34-3)29-12-5-4-6-13-29/h7-10,16-17H,4-6,11-15H2,1-3H3,(H,25,31). The Morgan fingerprint density at radius 2 is 1.83 bits per heavy atom. The Bertz CT molecular complexity index is 1280. The number of anilines is 1. The lowest BCUT2D eigenvalue weighted by molar-refractivity contribution is -0.120. The number of hydrogen-bond acceptors (Lipinski definition) is 8. The average Bonchev–Trinajstić information content (AvgIpc) is 3.27. The van der Waals surface area contributed by atoms with Gasteiger partial charge in [0.05, 0.1) is 34.7 Å². The molecule has 1 amide bonds. The van der Waals surface area contributed by atoms with E-state index in [-0.39, 0.29) is 17.2 Å². The zero-order chi connectivity index (χ0) is 25.0. The largest absolute Gasteiger partial charge is 0.356 e. The first-order chi connectivity index (χ1) is 16.8. The highest BCUT2D eigenvalue weighted by Gasteiger charge is 2.20. The van der Waals surface area contributed by atoms with E-state index in [0.717, 1.165) is 48.3 Å². The molecule has 11 heteroatoms. The molecule has 0 saturated carbocycles. The number of fused-ring (bicyclic) bond motifs is 1. The third-order valence-corrected chi connectivity index (χ3v) is 8.89. The third kappa shape index (κ3) is 5.78. The van der Waals surface area contributed by atoms with E-state index in [0.29, 0.717) is 18.2 Å². The van der Waals surface area contributed by atoms with E-state index in [1.54, 1.807) is 38.1 Å². The molecule has 35 heavy (non-hydrogen) atoms. The highest BCUT2D eigenvalue weighted by Crippen LogP contribution is 2.28. The fourth-order valence-corrected chi connectivity index (χ4v) is 5.56. The van der Waals surface area contributed by atoms with Crippen molar-refractivity contribution in [1.82, 2.24) is 25.1 Å². The van der Waals surface area contributed by atoms with Gasteiger partial charge in [-0.1, -0.05) is 23.9 Å². The normalized spacial score (nSPS) is 14.6. The molecule has 9 nitrogen and oxygen atoms in total. The fraction of sp³-hybridized carbons (Fsp3) is 0.500. The Hall–Kier alpha value is -2.66. The van der Waals surface area contributed by atoms with Crippen molar-refractivity contribution in [3.8, 4) is 0 Å². The number of nitrogens with zero attached hydrogens (tertiary/aromatic N) is 5. The summed E-state index contributed by atoms with van der Waals surface area (Å²) in [4.78, 5) is 24.5. The topological polar surface area (TPSA) is 110 Å². The Morgan fingerprint density at radius 1 is 1.11 bits per heavy atom. The Labute approximate surface area is 210 Å². The molecule has 1 saturated heterocycles. The van der Waals surface area contributed by atoms with Gasteiger partial charge in [-0.15, -0.1) is 0 Å². The number of sulfone groups is 1. The van der Waals surface area contributed by atoms with Crippen LogP contribution < -0.4 is 10.2 Å². The van der Waals surface area contributed by atoms with Crippen LogP contribution in [0.3, 0.4) is 0 Å². The molecule has 4 rings (SSSR count). The molecule has 1 fully saturated rings. The molecule has 2 aromatic heterocycles. The zero-order valence-corrected chi connectivity index (χ0v) is 22.0. The molecular weight excluding hydrogens is 484 g/mol. The molecule has 0 radical (unpaired) electrons. The van der Waals surface area contributed by atoms with Crippen LogP contribution in [0.5, 0.6) is 0 Å². The summed E-state index contributed by atoms with van der Waals surface area (Å²) in [5.41, 5.74) is 1.54. The van der Waals surface area contributed by atoms with Gasteiger partial charge in [0.2, 0.25) is 5.91 Å². The van der Waals surface area contributed by atoms with Gasteiger partial charge >= 0.3 is 0 Å². The summed E-state index contributed by atoms with van der Waals surface area (Å²) >= 11 is 1.51. The maximum Gasteiger partial charge on any atom is 0.224 e. The first kappa shape index (κ1) is 25.4. The van der Waals surface area contributed by atoms with Gasteiger partial charge in [0.15, 0.2) is 20.6 Å². The summed E-state index contributed by atoms with van der Waals surface area (Å²) in [6.45, 7) is 6.19. The van der Waals surface area contributed by atoms with Crippen molar-refractivity contribution in [3.63, 3.8) is 0 Å². The number of benzene rings is 1. The van der Waals surface area contributed by atoms with E-state index in [1.807, 2.05) is 17.1 Å². The van der Waals surface area contributed by atoms with Gasteiger partial charge in [0, 0.05) is 19.6 Å². The number of carbonyl (C=O) groups is 1. The summed E-state index contributed by atoms with van der Waals surface area (Å²) in [5.74, 6) is 0.812. The molecule has 1 aliphatic rings. The highest BCUT2D eigenvalue weighted by atomic mass is 32.2. The second-order valence-corrected chi connectivity index (χ2v) is 12.2. The number of hydrogen-bond donors (Lipinski definition) is 1. The van der Waals surface area contributed by atoms with E-state index in [9.17, 15) is 13.2 Å². The number of piperidine rings is 1. The molecule has 0 aliphatic carbocycles. The smallest absolute Gasteiger partial charge is 0.224 e. The summed E-state index contributed by atoms with van der Waals surface area (Å²) in [6.07, 6.45) is 7.54. The lowest BCUT2D eigenvalue weighted by atomic mass is 10.1. The minimum atomic E-state index is -3.32. The first-order valence-corrected chi connectivity index (χ1v) is 14.7. The van der Waals surface area contributed by atoms with Gasteiger partial charge in [-0.25, -0.2) is 23.1 Å². The van der Waals surface area contributed by atoms with Crippen LogP contribution in [0.25, 0.3) is 11.0 Å². The maximum absolute atomic E-state index is 12.5. The highest BCUT2D eigenvalue weighted by molar-refractivity contribution is 7.98. The zero-order valence-electron chi connectivity index (χ0n) is 20.4. The summed E-state index contributed by atoms with van der Waals surface area (Å²) in [7, 11) is -3.32. The minimum Gasteiger partial charge on any atom is -0.356 e. The second-order valence-electron chi connectivity index (χ2n) is 8.95. The van der Waals surface area contributed by atoms with Crippen molar-refractivity contribution in [3.05, 3.63) is 36.0 Å². The number of aromatic nitrogens is 4. The number of amides is 1. The number of carbonyl (C=O) groups excluding carboxylic acids is 1. The van der Waals surface area contributed by atoms with Crippen molar-refractivity contribution in [2.45, 2.75) is 61.4 Å². The van der Waals surface area contributed by atoms with Gasteiger partial charge in [0.25, 0.3) is 0 Å². The average molecular weight is 517 g/mol. The van der Waals surface area contributed by atoms with Gasteiger partial charge in [-0.3, -0.25) is 4.79 Å². The molecule has 3 heterocycles. The van der Waals surface area contributed by atoms with Crippen LogP contribution in [0.4, 0.5) is 5.82 Å². The van der Waals surface area contributed by atoms with E-state index < -0.39 is 15.1 Å². The molecular formula is C24H32N6O3S2. The fourth-order valence-electron chi connectivity index (χ4n) is 4.14. The van der Waals surface area contributed by atoms with Crippen LogP contribution in [0.2, 0.25) is 0 Å². The molecule has 1 aromatic carbocycles. The summed E-state index contributed by atoms with van der Waals surface area (Å²) in [5, 5.41) is 8.62. The lowest BCUT2D eigenvalue weighted by Gasteiger charge is -2.28. The monoisotopic (exact) mass is 516 g/mol. The molecule has 1 aliphatic heterocycles. The van der Waals surface area contributed by atoms with E-state index in [4.69, 9.17) is 4.98 Å². The van der Waals surface area contributed by atoms with E-state index in [1.165, 1.54) is 18.2 Å². The third-order valence-electron chi connectivity index (χ3n) is 6.18. The number of rotatable bonds is 9. The molecule has 0 unspecified atom stereocenters. The van der Waals surface area contributed by atoms with Gasteiger partial charge in [-0.05, 0) is 57.1 Å². The molecule has 1 N–H and O–H groups in total.